The molecule has 114 valence electrons. The van der Waals surface area contributed by atoms with Crippen LogP contribution < -0.4 is 0 Å². The SMILES string of the molecule is Cc1cc2n(c1C(=O)c1ccccc1Cl)CCCC2C(=O)O. The number of carbonyl (C=O) groups is 2. The second kappa shape index (κ2) is 5.61. The number of rotatable bonds is 3. The number of aliphatic carboxylic acids is 1. The monoisotopic (exact) mass is 317 g/mol. The van der Waals surface area contributed by atoms with E-state index in [1.54, 1.807) is 24.3 Å². The molecule has 0 bridgehead atoms. The molecule has 0 fully saturated rings. The van der Waals surface area contributed by atoms with Crippen molar-refractivity contribution in [1.82, 2.24) is 4.57 Å². The van der Waals surface area contributed by atoms with E-state index in [9.17, 15) is 14.7 Å². The number of aryl methyl sites for hydroxylation is 1. The molecule has 0 saturated carbocycles. The van der Waals surface area contributed by atoms with Gasteiger partial charge < -0.3 is 9.67 Å². The number of carboxylic acids is 1. The fraction of sp³-hybridized carbons (Fsp3) is 0.294. The van der Waals surface area contributed by atoms with Crippen LogP contribution in [0.1, 0.15) is 46.1 Å². The molecule has 22 heavy (non-hydrogen) atoms. The van der Waals surface area contributed by atoms with E-state index in [1.165, 1.54) is 0 Å². The summed E-state index contributed by atoms with van der Waals surface area (Å²) in [5.74, 6) is -1.53. The first-order valence-electron chi connectivity index (χ1n) is 7.22. The number of carbonyl (C=O) groups excluding carboxylic acids is 1. The minimum Gasteiger partial charge on any atom is -0.481 e. The van der Waals surface area contributed by atoms with E-state index in [0.717, 1.165) is 12.0 Å². The van der Waals surface area contributed by atoms with Crippen LogP contribution in [0.15, 0.2) is 30.3 Å². The average molecular weight is 318 g/mol. The molecule has 1 aromatic carbocycles. The number of hydrogen-bond acceptors (Lipinski definition) is 2. The number of fused-ring (bicyclic) bond motifs is 1. The first kappa shape index (κ1) is 14.9. The summed E-state index contributed by atoms with van der Waals surface area (Å²) >= 11 is 6.13. The predicted molar refractivity (Wildman–Crippen MR) is 83.7 cm³/mol. The number of hydrogen-bond donors (Lipinski definition) is 1. The minimum absolute atomic E-state index is 0.152. The number of halogens is 1. The van der Waals surface area contributed by atoms with Crippen LogP contribution in [0.4, 0.5) is 0 Å². The van der Waals surface area contributed by atoms with Crippen molar-refractivity contribution in [2.45, 2.75) is 32.2 Å². The summed E-state index contributed by atoms with van der Waals surface area (Å²) < 4.78 is 1.85. The molecule has 1 atom stereocenters. The number of aromatic nitrogens is 1. The zero-order valence-corrected chi connectivity index (χ0v) is 12.9. The molecule has 2 heterocycles. The maximum atomic E-state index is 12.8. The van der Waals surface area contributed by atoms with Crippen LogP contribution in [0, 0.1) is 6.92 Å². The van der Waals surface area contributed by atoms with Gasteiger partial charge in [-0.2, -0.15) is 0 Å². The summed E-state index contributed by atoms with van der Waals surface area (Å²) in [6, 6.07) is 8.75. The van der Waals surface area contributed by atoms with Crippen molar-refractivity contribution in [2.75, 3.05) is 0 Å². The maximum absolute atomic E-state index is 12.8. The van der Waals surface area contributed by atoms with Gasteiger partial charge in [-0.1, -0.05) is 23.7 Å². The number of nitrogens with zero attached hydrogens (tertiary/aromatic N) is 1. The van der Waals surface area contributed by atoms with Crippen molar-refractivity contribution in [3.8, 4) is 0 Å². The van der Waals surface area contributed by atoms with Gasteiger partial charge in [0.2, 0.25) is 5.78 Å². The second-order valence-electron chi connectivity index (χ2n) is 5.59. The lowest BCUT2D eigenvalue weighted by molar-refractivity contribution is -0.139. The Hall–Kier alpha value is -2.07. The van der Waals surface area contributed by atoms with Gasteiger partial charge in [0.25, 0.3) is 0 Å². The molecule has 1 N–H and O–H groups in total. The highest BCUT2D eigenvalue weighted by Crippen LogP contribution is 2.33. The normalized spacial score (nSPS) is 17.1. The maximum Gasteiger partial charge on any atom is 0.312 e. The fourth-order valence-corrected chi connectivity index (χ4v) is 3.39. The van der Waals surface area contributed by atoms with Crippen molar-refractivity contribution in [1.29, 1.82) is 0 Å². The van der Waals surface area contributed by atoms with Crippen molar-refractivity contribution in [2.24, 2.45) is 0 Å². The Bertz CT molecular complexity index is 763. The van der Waals surface area contributed by atoms with E-state index < -0.39 is 11.9 Å². The Morgan fingerprint density at radius 3 is 2.73 bits per heavy atom. The van der Waals surface area contributed by atoms with Gasteiger partial charge in [-0.15, -0.1) is 0 Å². The van der Waals surface area contributed by atoms with E-state index in [-0.39, 0.29) is 5.78 Å². The molecule has 0 saturated heterocycles. The summed E-state index contributed by atoms with van der Waals surface area (Å²) in [7, 11) is 0. The smallest absolute Gasteiger partial charge is 0.312 e. The van der Waals surface area contributed by atoms with E-state index in [1.807, 2.05) is 17.6 Å². The highest BCUT2D eigenvalue weighted by atomic mass is 35.5. The molecule has 2 aromatic rings. The van der Waals surface area contributed by atoms with E-state index >= 15 is 0 Å². The molecule has 5 heteroatoms. The Kier molecular flexibility index (Phi) is 3.79. The van der Waals surface area contributed by atoms with Gasteiger partial charge in [0.15, 0.2) is 0 Å². The van der Waals surface area contributed by atoms with Crippen molar-refractivity contribution >= 4 is 23.4 Å². The average Bonchev–Trinajstić information content (AvgIpc) is 2.82. The molecule has 0 aliphatic carbocycles. The first-order chi connectivity index (χ1) is 10.5. The third-order valence-corrected chi connectivity index (χ3v) is 4.51. The zero-order chi connectivity index (χ0) is 15.9. The lowest BCUT2D eigenvalue weighted by Crippen LogP contribution is -2.24. The molecule has 4 nitrogen and oxygen atoms in total. The lowest BCUT2D eigenvalue weighted by atomic mass is 9.96. The molecule has 0 radical (unpaired) electrons. The summed E-state index contributed by atoms with van der Waals surface area (Å²) in [5, 5.41) is 9.78. The molecule has 3 rings (SSSR count). The Balaban J connectivity index is 2.11. The zero-order valence-electron chi connectivity index (χ0n) is 12.2. The Labute approximate surface area is 133 Å². The van der Waals surface area contributed by atoms with Gasteiger partial charge in [0.05, 0.1) is 16.6 Å². The molecule has 1 aromatic heterocycles. The fourth-order valence-electron chi connectivity index (χ4n) is 3.17. The van der Waals surface area contributed by atoms with Gasteiger partial charge in [0, 0.05) is 17.8 Å². The van der Waals surface area contributed by atoms with Crippen LogP contribution in [-0.4, -0.2) is 21.4 Å². The van der Waals surface area contributed by atoms with Crippen molar-refractivity contribution in [3.63, 3.8) is 0 Å². The van der Waals surface area contributed by atoms with E-state index in [0.29, 0.717) is 34.9 Å². The number of benzene rings is 1. The minimum atomic E-state index is -0.838. The van der Waals surface area contributed by atoms with Gasteiger partial charge in [-0.3, -0.25) is 9.59 Å². The number of carboxylic acid groups (broad SMARTS) is 1. The Morgan fingerprint density at radius 2 is 2.05 bits per heavy atom. The van der Waals surface area contributed by atoms with Gasteiger partial charge >= 0.3 is 5.97 Å². The van der Waals surface area contributed by atoms with E-state index in [4.69, 9.17) is 11.6 Å². The topological polar surface area (TPSA) is 59.3 Å². The number of ketones is 1. The van der Waals surface area contributed by atoms with Crippen LogP contribution in [0.5, 0.6) is 0 Å². The third kappa shape index (κ3) is 2.33. The van der Waals surface area contributed by atoms with Gasteiger partial charge in [-0.25, -0.2) is 0 Å². The summed E-state index contributed by atoms with van der Waals surface area (Å²) in [6.07, 6.45) is 1.36. The molecular weight excluding hydrogens is 302 g/mol. The standard InChI is InChI=1S/C17H16ClNO3/c1-10-9-14-12(17(21)22)6-4-8-19(14)15(10)16(20)11-5-2-3-7-13(11)18/h2-3,5,7,9,12H,4,6,8H2,1H3,(H,21,22). The van der Waals surface area contributed by atoms with Crippen LogP contribution in [-0.2, 0) is 11.3 Å². The quantitative estimate of drug-likeness (QED) is 0.879. The first-order valence-corrected chi connectivity index (χ1v) is 7.60. The largest absolute Gasteiger partial charge is 0.481 e. The van der Waals surface area contributed by atoms with Crippen LogP contribution >= 0.6 is 11.6 Å². The molecule has 1 aliphatic heterocycles. The van der Waals surface area contributed by atoms with Crippen LogP contribution in [0.2, 0.25) is 5.02 Å². The molecular formula is C17H16ClNO3. The Morgan fingerprint density at radius 1 is 1.32 bits per heavy atom. The predicted octanol–water partition coefficient (Wildman–Crippen LogP) is 3.64. The van der Waals surface area contributed by atoms with Crippen molar-refractivity contribution < 1.29 is 14.7 Å². The van der Waals surface area contributed by atoms with Gasteiger partial charge in [0.1, 0.15) is 0 Å². The molecule has 1 aliphatic rings. The van der Waals surface area contributed by atoms with Crippen LogP contribution in [0.25, 0.3) is 0 Å². The highest BCUT2D eigenvalue weighted by Gasteiger charge is 2.31. The van der Waals surface area contributed by atoms with Gasteiger partial charge in [-0.05, 0) is 43.5 Å². The van der Waals surface area contributed by atoms with E-state index in [2.05, 4.69) is 0 Å². The molecule has 0 amide bonds. The lowest BCUT2D eigenvalue weighted by Gasteiger charge is -2.23. The summed E-state index contributed by atoms with van der Waals surface area (Å²) in [6.45, 7) is 2.51. The van der Waals surface area contributed by atoms with Crippen molar-refractivity contribution in [3.05, 3.63) is 57.9 Å². The summed E-state index contributed by atoms with van der Waals surface area (Å²) in [5.41, 5.74) is 2.51. The van der Waals surface area contributed by atoms with Crippen LogP contribution in [0.3, 0.4) is 0 Å². The molecule has 1 unspecified atom stereocenters. The third-order valence-electron chi connectivity index (χ3n) is 4.18. The molecule has 0 spiro atoms. The summed E-state index contributed by atoms with van der Waals surface area (Å²) in [4.78, 5) is 24.3. The highest BCUT2D eigenvalue weighted by molar-refractivity contribution is 6.34. The second-order valence-corrected chi connectivity index (χ2v) is 6.00.